The fourth-order valence-corrected chi connectivity index (χ4v) is 4.02. The number of rotatable bonds is 5. The summed E-state index contributed by atoms with van der Waals surface area (Å²) in [4.78, 5) is 29.5. The first-order valence-corrected chi connectivity index (χ1v) is 10.6. The van der Waals surface area contributed by atoms with Crippen LogP contribution in [-0.2, 0) is 19.0 Å². The van der Waals surface area contributed by atoms with Gasteiger partial charge in [0.1, 0.15) is 23.7 Å². The molecule has 174 valence electrons. The van der Waals surface area contributed by atoms with Crippen LogP contribution in [0.4, 0.5) is 10.5 Å². The van der Waals surface area contributed by atoms with Gasteiger partial charge in [-0.3, -0.25) is 9.69 Å². The van der Waals surface area contributed by atoms with Crippen LogP contribution in [0.25, 0.3) is 0 Å². The standard InChI is InChI=1S/C24H32N2O6/c1-8-9-14-30-20-19(25(21(20)27)16-10-12-17(29-7)13-11-16)18-15-31-24(5,6)26(18)22(28)32-23(2,3)4/h10-13,18-20H,14-15H2,1-7H3/t18-,19+,20-/m0/s1. The largest absolute Gasteiger partial charge is 0.497 e. The Labute approximate surface area is 189 Å². The highest BCUT2D eigenvalue weighted by Crippen LogP contribution is 2.40. The third kappa shape index (κ3) is 4.69. The van der Waals surface area contributed by atoms with E-state index in [1.54, 1.807) is 36.0 Å². The summed E-state index contributed by atoms with van der Waals surface area (Å²) < 4.78 is 22.7. The number of β-lactam (4-membered cyclic amide) rings is 1. The SMILES string of the molecule is CC#CCO[C@@H]1C(=O)N(c2ccc(OC)cc2)[C@@H]1[C@@H]1COC(C)(C)N1C(=O)OC(C)(C)C. The molecule has 2 aliphatic heterocycles. The van der Waals surface area contributed by atoms with Gasteiger partial charge in [-0.15, -0.1) is 5.92 Å². The zero-order valence-electron chi connectivity index (χ0n) is 19.8. The van der Waals surface area contributed by atoms with Crippen LogP contribution in [0.15, 0.2) is 24.3 Å². The number of anilines is 1. The smallest absolute Gasteiger partial charge is 0.412 e. The summed E-state index contributed by atoms with van der Waals surface area (Å²) in [5, 5.41) is 0. The quantitative estimate of drug-likeness (QED) is 0.513. The van der Waals surface area contributed by atoms with E-state index in [1.165, 1.54) is 0 Å². The van der Waals surface area contributed by atoms with Crippen molar-refractivity contribution < 1.29 is 28.5 Å². The van der Waals surface area contributed by atoms with Crippen molar-refractivity contribution in [2.75, 3.05) is 25.2 Å². The number of nitrogens with zero attached hydrogens (tertiary/aromatic N) is 2. The average molecular weight is 445 g/mol. The van der Waals surface area contributed by atoms with E-state index in [0.29, 0.717) is 11.4 Å². The Bertz CT molecular complexity index is 909. The minimum absolute atomic E-state index is 0.128. The number of methoxy groups -OCH3 is 1. The van der Waals surface area contributed by atoms with Gasteiger partial charge in [0, 0.05) is 5.69 Å². The summed E-state index contributed by atoms with van der Waals surface area (Å²) in [6, 6.07) is 6.28. The second-order valence-corrected chi connectivity index (χ2v) is 9.23. The van der Waals surface area contributed by atoms with E-state index < -0.39 is 35.6 Å². The van der Waals surface area contributed by atoms with Gasteiger partial charge in [-0.25, -0.2) is 4.79 Å². The Morgan fingerprint density at radius 3 is 2.47 bits per heavy atom. The van der Waals surface area contributed by atoms with Gasteiger partial charge < -0.3 is 23.8 Å². The first kappa shape index (κ1) is 23.9. The van der Waals surface area contributed by atoms with Crippen molar-refractivity contribution in [2.24, 2.45) is 0 Å². The van der Waals surface area contributed by atoms with Crippen molar-refractivity contribution in [1.29, 1.82) is 0 Å². The third-order valence-electron chi connectivity index (χ3n) is 5.46. The average Bonchev–Trinajstić information content (AvgIpc) is 3.02. The molecule has 0 radical (unpaired) electrons. The van der Waals surface area contributed by atoms with Crippen molar-refractivity contribution in [3.8, 4) is 17.6 Å². The lowest BCUT2D eigenvalue weighted by molar-refractivity contribution is -0.143. The predicted molar refractivity (Wildman–Crippen MR) is 119 cm³/mol. The Morgan fingerprint density at radius 1 is 1.25 bits per heavy atom. The number of hydrogen-bond donors (Lipinski definition) is 0. The van der Waals surface area contributed by atoms with Crippen LogP contribution >= 0.6 is 0 Å². The van der Waals surface area contributed by atoms with Crippen LogP contribution in [0.2, 0.25) is 0 Å². The van der Waals surface area contributed by atoms with Gasteiger partial charge >= 0.3 is 6.09 Å². The zero-order valence-corrected chi connectivity index (χ0v) is 19.8. The molecule has 2 saturated heterocycles. The molecule has 0 bridgehead atoms. The van der Waals surface area contributed by atoms with Crippen LogP contribution in [-0.4, -0.2) is 66.7 Å². The van der Waals surface area contributed by atoms with Crippen LogP contribution in [0, 0.1) is 11.8 Å². The van der Waals surface area contributed by atoms with E-state index in [0.717, 1.165) is 0 Å². The van der Waals surface area contributed by atoms with E-state index >= 15 is 0 Å². The minimum Gasteiger partial charge on any atom is -0.497 e. The van der Waals surface area contributed by atoms with Crippen molar-refractivity contribution in [2.45, 2.75) is 71.1 Å². The monoisotopic (exact) mass is 444 g/mol. The van der Waals surface area contributed by atoms with Crippen molar-refractivity contribution in [1.82, 2.24) is 4.90 Å². The predicted octanol–water partition coefficient (Wildman–Crippen LogP) is 3.19. The molecule has 3 rings (SSSR count). The Hall–Kier alpha value is -2.76. The highest BCUT2D eigenvalue weighted by Gasteiger charge is 2.60. The molecule has 2 amide bonds. The van der Waals surface area contributed by atoms with Gasteiger partial charge in [-0.05, 0) is 65.8 Å². The summed E-state index contributed by atoms with van der Waals surface area (Å²) >= 11 is 0. The van der Waals surface area contributed by atoms with Crippen LogP contribution in [0.1, 0.15) is 41.5 Å². The molecule has 2 fully saturated rings. The first-order valence-electron chi connectivity index (χ1n) is 10.6. The minimum atomic E-state index is -0.898. The fourth-order valence-electron chi connectivity index (χ4n) is 4.02. The van der Waals surface area contributed by atoms with Crippen LogP contribution in [0.5, 0.6) is 5.75 Å². The molecule has 3 atom stereocenters. The third-order valence-corrected chi connectivity index (χ3v) is 5.46. The molecule has 0 N–H and O–H groups in total. The van der Waals surface area contributed by atoms with Gasteiger partial charge in [-0.2, -0.15) is 0 Å². The van der Waals surface area contributed by atoms with Gasteiger partial charge in [0.05, 0.1) is 25.8 Å². The van der Waals surface area contributed by atoms with Crippen LogP contribution in [0.3, 0.4) is 0 Å². The van der Waals surface area contributed by atoms with Gasteiger partial charge in [0.2, 0.25) is 0 Å². The summed E-state index contributed by atoms with van der Waals surface area (Å²) in [5.74, 6) is 6.10. The van der Waals surface area contributed by atoms with Crippen LogP contribution < -0.4 is 9.64 Å². The van der Waals surface area contributed by atoms with E-state index in [9.17, 15) is 9.59 Å². The highest BCUT2D eigenvalue weighted by molar-refractivity contribution is 6.05. The summed E-state index contributed by atoms with van der Waals surface area (Å²) in [7, 11) is 1.59. The molecule has 0 unspecified atom stereocenters. The van der Waals surface area contributed by atoms with Gasteiger partial charge in [-0.1, -0.05) is 5.92 Å². The maximum absolute atomic E-state index is 13.1. The summed E-state index contributed by atoms with van der Waals surface area (Å²) in [5.41, 5.74) is -0.876. The van der Waals surface area contributed by atoms with E-state index in [2.05, 4.69) is 11.8 Å². The Kier molecular flexibility index (Phi) is 6.72. The van der Waals surface area contributed by atoms with Gasteiger partial charge in [0.25, 0.3) is 5.91 Å². The van der Waals surface area contributed by atoms with Crippen molar-refractivity contribution in [3.05, 3.63) is 24.3 Å². The summed E-state index contributed by atoms with van der Waals surface area (Å²) in [6.07, 6.45) is -1.24. The topological polar surface area (TPSA) is 77.5 Å². The lowest BCUT2D eigenvalue weighted by atomic mass is 9.89. The van der Waals surface area contributed by atoms with E-state index in [-0.39, 0.29) is 19.1 Å². The first-order chi connectivity index (χ1) is 15.0. The Morgan fingerprint density at radius 2 is 1.91 bits per heavy atom. The number of benzene rings is 1. The molecule has 0 aliphatic carbocycles. The highest BCUT2D eigenvalue weighted by atomic mass is 16.6. The number of carbonyl (C=O) groups excluding carboxylic acids is 2. The van der Waals surface area contributed by atoms with Gasteiger partial charge in [0.15, 0.2) is 6.10 Å². The Balaban J connectivity index is 1.95. The maximum atomic E-state index is 13.1. The molecule has 8 nitrogen and oxygen atoms in total. The lowest BCUT2D eigenvalue weighted by Gasteiger charge is -2.51. The van der Waals surface area contributed by atoms with E-state index in [1.807, 2.05) is 46.8 Å². The van der Waals surface area contributed by atoms with Crippen molar-refractivity contribution >= 4 is 17.7 Å². The number of carbonyl (C=O) groups is 2. The second-order valence-electron chi connectivity index (χ2n) is 9.23. The number of hydrogen-bond acceptors (Lipinski definition) is 6. The summed E-state index contributed by atoms with van der Waals surface area (Å²) in [6.45, 7) is 11.2. The molecule has 0 aromatic heterocycles. The molecular formula is C24H32N2O6. The number of ether oxygens (including phenoxy) is 4. The molecule has 0 spiro atoms. The zero-order chi connectivity index (χ0) is 23.7. The fraction of sp³-hybridized carbons (Fsp3) is 0.583. The second kappa shape index (κ2) is 9.00. The van der Waals surface area contributed by atoms with Crippen molar-refractivity contribution in [3.63, 3.8) is 0 Å². The number of amides is 2. The molecule has 8 heteroatoms. The molecule has 2 aliphatic rings. The molecule has 2 heterocycles. The molecule has 1 aromatic rings. The normalized spacial score (nSPS) is 24.5. The molecule has 32 heavy (non-hydrogen) atoms. The molecule has 1 aromatic carbocycles. The molecule has 0 saturated carbocycles. The lowest BCUT2D eigenvalue weighted by Crippen LogP contribution is -2.73. The maximum Gasteiger partial charge on any atom is 0.412 e. The van der Waals surface area contributed by atoms with E-state index in [4.69, 9.17) is 18.9 Å². The molecular weight excluding hydrogens is 412 g/mol.